The molecule has 1 aliphatic rings. The van der Waals surface area contributed by atoms with Crippen molar-refractivity contribution in [2.45, 2.75) is 12.5 Å². The van der Waals surface area contributed by atoms with Crippen LogP contribution in [-0.2, 0) is 15.7 Å². The summed E-state index contributed by atoms with van der Waals surface area (Å²) in [4.78, 5) is 1.76. The van der Waals surface area contributed by atoms with Crippen molar-refractivity contribution in [3.05, 3.63) is 45.2 Å². The fraction of sp³-hybridized carbons (Fsp3) is 0.286. The largest absolute Gasteiger partial charge is 0.416 e. The molecule has 2 aromatic rings. The first-order valence-electron chi connectivity index (χ1n) is 6.15. The van der Waals surface area contributed by atoms with Gasteiger partial charge in [-0.15, -0.1) is 11.3 Å². The van der Waals surface area contributed by atoms with Crippen LogP contribution in [-0.4, -0.2) is 13.2 Å². The van der Waals surface area contributed by atoms with E-state index in [1.807, 2.05) is 6.07 Å². The molecule has 2 heterocycles. The van der Waals surface area contributed by atoms with Crippen molar-refractivity contribution in [3.8, 4) is 10.4 Å². The predicted molar refractivity (Wildman–Crippen MR) is 77.1 cm³/mol. The van der Waals surface area contributed by atoms with Crippen LogP contribution < -0.4 is 0 Å². The van der Waals surface area contributed by atoms with Crippen LogP contribution in [0.4, 0.5) is 13.2 Å². The molecule has 3 rings (SSSR count). The van der Waals surface area contributed by atoms with Gasteiger partial charge in [-0.1, -0.05) is 12.1 Å². The van der Waals surface area contributed by atoms with E-state index < -0.39 is 11.7 Å². The van der Waals surface area contributed by atoms with Crippen molar-refractivity contribution in [2.24, 2.45) is 0 Å². The number of thiophene rings is 1. The van der Waals surface area contributed by atoms with Crippen molar-refractivity contribution in [3.63, 3.8) is 0 Å². The minimum absolute atomic E-state index is 0.380. The Morgan fingerprint density at radius 3 is 2.29 bits per heavy atom. The lowest BCUT2D eigenvalue weighted by Gasteiger charge is -2.07. The lowest BCUT2D eigenvalue weighted by Crippen LogP contribution is -2.03. The van der Waals surface area contributed by atoms with E-state index in [-0.39, 0.29) is 6.29 Å². The second-order valence-corrected chi connectivity index (χ2v) is 6.41. The van der Waals surface area contributed by atoms with Gasteiger partial charge in [-0.05, 0) is 39.7 Å². The third kappa shape index (κ3) is 3.15. The highest BCUT2D eigenvalue weighted by Crippen LogP contribution is 2.41. The van der Waals surface area contributed by atoms with E-state index in [1.165, 1.54) is 23.5 Å². The van der Waals surface area contributed by atoms with Gasteiger partial charge in [0.25, 0.3) is 0 Å². The molecule has 1 aromatic carbocycles. The molecule has 0 unspecified atom stereocenters. The van der Waals surface area contributed by atoms with Crippen LogP contribution in [0.5, 0.6) is 0 Å². The number of halogens is 4. The van der Waals surface area contributed by atoms with Gasteiger partial charge in [-0.25, -0.2) is 0 Å². The molecule has 0 atom stereocenters. The van der Waals surface area contributed by atoms with Crippen molar-refractivity contribution in [1.29, 1.82) is 0 Å². The van der Waals surface area contributed by atoms with Crippen LogP contribution in [0.15, 0.2) is 34.8 Å². The summed E-state index contributed by atoms with van der Waals surface area (Å²) in [5.41, 5.74) is 0.0748. The smallest absolute Gasteiger partial charge is 0.345 e. The number of alkyl halides is 3. The van der Waals surface area contributed by atoms with E-state index in [1.54, 1.807) is 0 Å². The van der Waals surface area contributed by atoms with Gasteiger partial charge in [0.1, 0.15) is 0 Å². The fourth-order valence-corrected chi connectivity index (χ4v) is 3.96. The third-order valence-corrected chi connectivity index (χ3v) is 5.13. The minimum atomic E-state index is -4.32. The molecule has 1 saturated heterocycles. The topological polar surface area (TPSA) is 18.5 Å². The summed E-state index contributed by atoms with van der Waals surface area (Å²) in [6, 6.07) is 7.00. The van der Waals surface area contributed by atoms with Gasteiger partial charge in [0.15, 0.2) is 6.29 Å². The SMILES string of the molecule is FC(F)(F)c1ccc(-c2sc(C3OCCO3)cc2Br)cc1. The van der Waals surface area contributed by atoms with E-state index in [0.717, 1.165) is 31.9 Å². The van der Waals surface area contributed by atoms with Crippen molar-refractivity contribution in [1.82, 2.24) is 0 Å². The predicted octanol–water partition coefficient (Wildman–Crippen LogP) is 5.24. The molecule has 21 heavy (non-hydrogen) atoms. The van der Waals surface area contributed by atoms with Crippen molar-refractivity contribution >= 4 is 27.3 Å². The van der Waals surface area contributed by atoms with Gasteiger partial charge >= 0.3 is 6.18 Å². The molecule has 0 aliphatic carbocycles. The summed E-state index contributed by atoms with van der Waals surface area (Å²) in [6.07, 6.45) is -4.70. The van der Waals surface area contributed by atoms with Gasteiger partial charge in [-0.3, -0.25) is 0 Å². The zero-order chi connectivity index (χ0) is 15.0. The molecular formula is C14H10BrF3O2S. The first-order chi connectivity index (χ1) is 9.95. The van der Waals surface area contributed by atoms with Crippen LogP contribution in [0.2, 0.25) is 0 Å². The molecule has 0 spiro atoms. The van der Waals surface area contributed by atoms with Gasteiger partial charge in [0.2, 0.25) is 0 Å². The maximum Gasteiger partial charge on any atom is 0.416 e. The van der Waals surface area contributed by atoms with Crippen LogP contribution in [0.1, 0.15) is 16.7 Å². The van der Waals surface area contributed by atoms with E-state index >= 15 is 0 Å². The molecule has 0 N–H and O–H groups in total. The van der Waals surface area contributed by atoms with Crippen LogP contribution in [0, 0.1) is 0 Å². The fourth-order valence-electron chi connectivity index (χ4n) is 2.03. The summed E-state index contributed by atoms with van der Waals surface area (Å²) < 4.78 is 49.4. The van der Waals surface area contributed by atoms with Crippen LogP contribution >= 0.6 is 27.3 Å². The zero-order valence-corrected chi connectivity index (χ0v) is 13.0. The molecule has 0 radical (unpaired) electrons. The number of rotatable bonds is 2. The second kappa shape index (κ2) is 5.72. The molecule has 2 nitrogen and oxygen atoms in total. The average Bonchev–Trinajstić information content (AvgIpc) is 3.07. The highest BCUT2D eigenvalue weighted by atomic mass is 79.9. The summed E-state index contributed by atoms with van der Waals surface area (Å²) in [6.45, 7) is 1.10. The number of hydrogen-bond donors (Lipinski definition) is 0. The van der Waals surface area contributed by atoms with Crippen LogP contribution in [0.25, 0.3) is 10.4 Å². The third-order valence-electron chi connectivity index (χ3n) is 3.03. The summed E-state index contributed by atoms with van der Waals surface area (Å²) in [7, 11) is 0. The molecular weight excluding hydrogens is 369 g/mol. The first kappa shape index (κ1) is 15.0. The highest BCUT2D eigenvalue weighted by Gasteiger charge is 2.30. The normalized spacial score (nSPS) is 16.6. The molecule has 0 amide bonds. The van der Waals surface area contributed by atoms with Gasteiger partial charge in [0.05, 0.1) is 23.7 Å². The molecule has 112 valence electrons. The molecule has 1 aromatic heterocycles. The lowest BCUT2D eigenvalue weighted by atomic mass is 10.1. The Balaban J connectivity index is 1.89. The Labute approximate surface area is 131 Å². The second-order valence-electron chi connectivity index (χ2n) is 4.47. The summed E-state index contributed by atoms with van der Waals surface area (Å²) in [5.74, 6) is 0. The quantitative estimate of drug-likeness (QED) is 0.711. The highest BCUT2D eigenvalue weighted by molar-refractivity contribution is 9.10. The maximum absolute atomic E-state index is 12.6. The summed E-state index contributed by atoms with van der Waals surface area (Å²) in [5, 5.41) is 0. The number of benzene rings is 1. The van der Waals surface area contributed by atoms with Crippen LogP contribution in [0.3, 0.4) is 0 Å². The Bertz CT molecular complexity index is 631. The standard InChI is InChI=1S/C14H10BrF3O2S/c15-10-7-11(13-19-5-6-20-13)21-12(10)8-1-3-9(4-2-8)14(16,17)18/h1-4,7,13H,5-6H2. The van der Waals surface area contributed by atoms with E-state index in [4.69, 9.17) is 9.47 Å². The molecule has 0 bridgehead atoms. The minimum Gasteiger partial charge on any atom is -0.345 e. The lowest BCUT2D eigenvalue weighted by molar-refractivity contribution is -0.137. The maximum atomic E-state index is 12.6. The van der Waals surface area contributed by atoms with Crippen molar-refractivity contribution < 1.29 is 22.6 Å². The molecule has 7 heteroatoms. The molecule has 1 aliphatic heterocycles. The monoisotopic (exact) mass is 378 g/mol. The summed E-state index contributed by atoms with van der Waals surface area (Å²) >= 11 is 4.88. The van der Waals surface area contributed by atoms with Gasteiger partial charge in [-0.2, -0.15) is 13.2 Å². The van der Waals surface area contributed by atoms with E-state index in [2.05, 4.69) is 15.9 Å². The Kier molecular flexibility index (Phi) is 4.09. The number of hydrogen-bond acceptors (Lipinski definition) is 3. The zero-order valence-electron chi connectivity index (χ0n) is 10.6. The molecule has 1 fully saturated rings. The Hall–Kier alpha value is -0.890. The van der Waals surface area contributed by atoms with E-state index in [0.29, 0.717) is 13.2 Å². The van der Waals surface area contributed by atoms with E-state index in [9.17, 15) is 13.2 Å². The molecule has 0 saturated carbocycles. The Morgan fingerprint density at radius 2 is 1.71 bits per heavy atom. The Morgan fingerprint density at radius 1 is 1.10 bits per heavy atom. The first-order valence-corrected chi connectivity index (χ1v) is 7.76. The van der Waals surface area contributed by atoms with Crippen molar-refractivity contribution in [2.75, 3.05) is 13.2 Å². The van der Waals surface area contributed by atoms with Gasteiger partial charge in [0, 0.05) is 9.35 Å². The number of ether oxygens (including phenoxy) is 2. The average molecular weight is 379 g/mol. The van der Waals surface area contributed by atoms with Gasteiger partial charge < -0.3 is 9.47 Å².